The molecule has 0 saturated heterocycles. The quantitative estimate of drug-likeness (QED) is 0.415. The molecule has 0 aliphatic carbocycles. The molecule has 3 aromatic rings. The molecule has 3 N–H and O–H groups in total. The Balaban J connectivity index is 1.70. The zero-order valence-electron chi connectivity index (χ0n) is 15.5. The first-order valence-electron chi connectivity index (χ1n) is 8.30. The van der Waals surface area contributed by atoms with Crippen molar-refractivity contribution in [3.8, 4) is 0 Å². The summed E-state index contributed by atoms with van der Waals surface area (Å²) >= 11 is 7.81. The van der Waals surface area contributed by atoms with E-state index < -0.39 is 9.84 Å². The van der Waals surface area contributed by atoms with Crippen molar-refractivity contribution >= 4 is 61.9 Å². The molecular formula is C18H17ClN4O3S3. The Morgan fingerprint density at radius 1 is 1.24 bits per heavy atom. The van der Waals surface area contributed by atoms with Crippen LogP contribution in [-0.4, -0.2) is 30.0 Å². The number of carbonyl (C=O) groups is 1. The van der Waals surface area contributed by atoms with Crippen LogP contribution in [0.3, 0.4) is 0 Å². The number of thiophene rings is 1. The number of nitrogens with one attached hydrogen (secondary N) is 1. The van der Waals surface area contributed by atoms with Gasteiger partial charge >= 0.3 is 0 Å². The Morgan fingerprint density at radius 2 is 1.93 bits per heavy atom. The number of hydrogen-bond acceptors (Lipinski definition) is 8. The SMILES string of the molecule is Cc1cccc(C)c1NC(=O)CSc1ncc(S(=O)(=O)c2ccc(Cl)s2)c(N)n1. The Kier molecular flexibility index (Phi) is 6.47. The molecule has 0 atom stereocenters. The molecule has 0 spiro atoms. The van der Waals surface area contributed by atoms with E-state index in [1.807, 2.05) is 32.0 Å². The maximum atomic E-state index is 12.6. The first kappa shape index (κ1) is 21.6. The number of nitrogens with two attached hydrogens (primary N) is 1. The van der Waals surface area contributed by atoms with Gasteiger partial charge in [-0.3, -0.25) is 4.79 Å². The smallest absolute Gasteiger partial charge is 0.234 e. The van der Waals surface area contributed by atoms with Gasteiger partial charge in [0.25, 0.3) is 0 Å². The highest BCUT2D eigenvalue weighted by Gasteiger charge is 2.24. The van der Waals surface area contributed by atoms with Crippen LogP contribution in [0.15, 0.2) is 50.8 Å². The topological polar surface area (TPSA) is 115 Å². The van der Waals surface area contributed by atoms with Crippen molar-refractivity contribution in [3.05, 3.63) is 52.0 Å². The predicted molar refractivity (Wildman–Crippen MR) is 116 cm³/mol. The number of sulfone groups is 1. The summed E-state index contributed by atoms with van der Waals surface area (Å²) in [6.07, 6.45) is 1.15. The van der Waals surface area contributed by atoms with Gasteiger partial charge in [-0.05, 0) is 37.1 Å². The lowest BCUT2D eigenvalue weighted by atomic mass is 10.1. The number of anilines is 2. The summed E-state index contributed by atoms with van der Waals surface area (Å²) in [5.41, 5.74) is 8.55. The lowest BCUT2D eigenvalue weighted by Crippen LogP contribution is -2.16. The first-order valence-corrected chi connectivity index (χ1v) is 12.0. The van der Waals surface area contributed by atoms with Crippen LogP contribution in [0, 0.1) is 13.8 Å². The summed E-state index contributed by atoms with van der Waals surface area (Å²) in [4.78, 5) is 20.1. The Hall–Kier alpha value is -2.14. The van der Waals surface area contributed by atoms with Crippen molar-refractivity contribution in [1.82, 2.24) is 9.97 Å². The molecule has 0 aliphatic rings. The molecule has 0 unspecified atom stereocenters. The number of rotatable bonds is 6. The lowest BCUT2D eigenvalue weighted by molar-refractivity contribution is -0.113. The molecule has 1 amide bonds. The van der Waals surface area contributed by atoms with Crippen LogP contribution < -0.4 is 11.1 Å². The van der Waals surface area contributed by atoms with E-state index in [1.165, 1.54) is 12.1 Å². The number of nitrogen functional groups attached to an aromatic ring is 1. The summed E-state index contributed by atoms with van der Waals surface area (Å²) in [6.45, 7) is 3.83. The maximum absolute atomic E-state index is 12.6. The molecule has 152 valence electrons. The molecule has 0 aliphatic heterocycles. The fourth-order valence-corrected chi connectivity index (χ4v) is 6.00. The third kappa shape index (κ3) is 4.89. The van der Waals surface area contributed by atoms with Crippen molar-refractivity contribution in [2.24, 2.45) is 0 Å². The van der Waals surface area contributed by atoms with Crippen LogP contribution in [-0.2, 0) is 14.6 Å². The molecule has 7 nitrogen and oxygen atoms in total. The molecule has 0 bridgehead atoms. The number of amides is 1. The molecule has 0 fully saturated rings. The number of aromatic nitrogens is 2. The normalized spacial score (nSPS) is 11.4. The molecule has 1 aromatic carbocycles. The van der Waals surface area contributed by atoms with Gasteiger partial charge in [-0.15, -0.1) is 11.3 Å². The molecular weight excluding hydrogens is 452 g/mol. The minimum absolute atomic E-state index is 0.0554. The molecule has 2 heterocycles. The average molecular weight is 469 g/mol. The molecule has 11 heteroatoms. The molecule has 29 heavy (non-hydrogen) atoms. The van der Waals surface area contributed by atoms with E-state index in [2.05, 4.69) is 15.3 Å². The summed E-state index contributed by atoms with van der Waals surface area (Å²) in [5, 5.41) is 3.08. The summed E-state index contributed by atoms with van der Waals surface area (Å²) < 4.78 is 25.7. The highest BCUT2D eigenvalue weighted by atomic mass is 35.5. The number of para-hydroxylation sites is 1. The van der Waals surface area contributed by atoms with E-state index in [9.17, 15) is 13.2 Å². The largest absolute Gasteiger partial charge is 0.382 e. The van der Waals surface area contributed by atoms with Gasteiger partial charge < -0.3 is 11.1 Å². The van der Waals surface area contributed by atoms with Crippen LogP contribution in [0.5, 0.6) is 0 Å². The highest BCUT2D eigenvalue weighted by molar-refractivity contribution is 7.99. The number of halogens is 1. The average Bonchev–Trinajstić information content (AvgIpc) is 3.10. The standard InChI is InChI=1S/C18H17ClN4O3S3/c1-10-4-3-5-11(2)16(10)22-14(24)9-27-18-21-8-12(17(20)23-18)29(25,26)15-7-6-13(19)28-15/h3-8H,9H2,1-2H3,(H,22,24)(H2,20,21,23). The van der Waals surface area contributed by atoms with Crippen molar-refractivity contribution in [2.45, 2.75) is 28.1 Å². The van der Waals surface area contributed by atoms with Gasteiger partial charge in [-0.25, -0.2) is 18.4 Å². The lowest BCUT2D eigenvalue weighted by Gasteiger charge is -2.11. The van der Waals surface area contributed by atoms with E-state index in [0.717, 1.165) is 46.1 Å². The number of thioether (sulfide) groups is 1. The van der Waals surface area contributed by atoms with Crippen LogP contribution in [0.25, 0.3) is 0 Å². The van der Waals surface area contributed by atoms with Crippen LogP contribution in [0.2, 0.25) is 4.34 Å². The first-order chi connectivity index (χ1) is 13.7. The Labute approximate surface area is 181 Å². The highest BCUT2D eigenvalue weighted by Crippen LogP contribution is 2.32. The van der Waals surface area contributed by atoms with E-state index in [-0.39, 0.29) is 31.7 Å². The number of hydrogen-bond donors (Lipinski definition) is 2. The summed E-state index contributed by atoms with van der Waals surface area (Å²) in [6, 6.07) is 8.65. The van der Waals surface area contributed by atoms with Gasteiger partial charge in [0.15, 0.2) is 5.16 Å². The zero-order chi connectivity index (χ0) is 21.2. The van der Waals surface area contributed by atoms with E-state index >= 15 is 0 Å². The maximum Gasteiger partial charge on any atom is 0.234 e. The Morgan fingerprint density at radius 3 is 2.52 bits per heavy atom. The molecule has 0 saturated carbocycles. The van der Waals surface area contributed by atoms with Crippen LogP contribution in [0.4, 0.5) is 11.5 Å². The molecule has 0 radical (unpaired) electrons. The second kappa shape index (κ2) is 8.70. The van der Waals surface area contributed by atoms with Gasteiger partial charge in [-0.2, -0.15) is 0 Å². The number of carbonyl (C=O) groups excluding carboxylic acids is 1. The van der Waals surface area contributed by atoms with Gasteiger partial charge in [0.1, 0.15) is 14.9 Å². The Bertz CT molecular complexity index is 1160. The number of aryl methyl sites for hydroxylation is 2. The molecule has 2 aromatic heterocycles. The fourth-order valence-electron chi connectivity index (χ4n) is 2.51. The summed E-state index contributed by atoms with van der Waals surface area (Å²) in [7, 11) is -3.85. The van der Waals surface area contributed by atoms with E-state index in [1.54, 1.807) is 0 Å². The number of benzene rings is 1. The summed E-state index contributed by atoms with van der Waals surface area (Å²) in [5.74, 6) is -0.346. The second-order valence-corrected chi connectivity index (χ2v) is 10.9. The third-order valence-electron chi connectivity index (χ3n) is 3.94. The van der Waals surface area contributed by atoms with Crippen molar-refractivity contribution in [2.75, 3.05) is 16.8 Å². The third-order valence-corrected chi connectivity index (χ3v) is 8.30. The van der Waals surface area contributed by atoms with Gasteiger partial charge in [0, 0.05) is 5.69 Å². The van der Waals surface area contributed by atoms with E-state index in [0.29, 0.717) is 4.34 Å². The van der Waals surface area contributed by atoms with Gasteiger partial charge in [0.05, 0.1) is 16.3 Å². The second-order valence-electron chi connectivity index (χ2n) is 6.07. The van der Waals surface area contributed by atoms with Gasteiger partial charge in [0.2, 0.25) is 15.7 Å². The van der Waals surface area contributed by atoms with Gasteiger partial charge in [-0.1, -0.05) is 41.6 Å². The zero-order valence-corrected chi connectivity index (χ0v) is 18.7. The van der Waals surface area contributed by atoms with Crippen molar-refractivity contribution in [1.29, 1.82) is 0 Å². The predicted octanol–water partition coefficient (Wildman–Crippen LogP) is 3.95. The van der Waals surface area contributed by atoms with Crippen molar-refractivity contribution in [3.63, 3.8) is 0 Å². The number of nitrogens with zero attached hydrogens (tertiary/aromatic N) is 2. The van der Waals surface area contributed by atoms with Crippen molar-refractivity contribution < 1.29 is 13.2 Å². The fraction of sp³-hybridized carbons (Fsp3) is 0.167. The minimum Gasteiger partial charge on any atom is -0.382 e. The van der Waals surface area contributed by atoms with Crippen LogP contribution >= 0.6 is 34.7 Å². The van der Waals surface area contributed by atoms with E-state index in [4.69, 9.17) is 17.3 Å². The monoisotopic (exact) mass is 468 g/mol. The minimum atomic E-state index is -3.85. The molecule has 3 rings (SSSR count). The van der Waals surface area contributed by atoms with Crippen LogP contribution in [0.1, 0.15) is 11.1 Å².